The Bertz CT molecular complexity index is 1020. The third kappa shape index (κ3) is 5.38. The molecular formula is C22H25FN4O2S. The van der Waals surface area contributed by atoms with Gasteiger partial charge in [0.2, 0.25) is 5.91 Å². The number of thioether (sulfide) groups is 1. The smallest absolute Gasteiger partial charge is 0.234 e. The lowest BCUT2D eigenvalue weighted by Crippen LogP contribution is -2.15. The van der Waals surface area contributed by atoms with Crippen LogP contribution in [0.25, 0.3) is 0 Å². The van der Waals surface area contributed by atoms with Crippen LogP contribution >= 0.6 is 11.8 Å². The van der Waals surface area contributed by atoms with Gasteiger partial charge in [-0.05, 0) is 42.7 Å². The van der Waals surface area contributed by atoms with E-state index in [4.69, 9.17) is 4.74 Å². The Morgan fingerprint density at radius 2 is 1.93 bits per heavy atom. The Morgan fingerprint density at radius 1 is 1.20 bits per heavy atom. The van der Waals surface area contributed by atoms with Crippen molar-refractivity contribution in [3.8, 4) is 5.75 Å². The van der Waals surface area contributed by atoms with Crippen LogP contribution in [0.1, 0.15) is 36.7 Å². The fraction of sp³-hybridized carbons (Fsp3) is 0.318. The van der Waals surface area contributed by atoms with E-state index in [1.165, 1.54) is 23.4 Å². The van der Waals surface area contributed by atoms with Crippen LogP contribution in [-0.2, 0) is 18.4 Å². The standard InChI is InChI=1S/C22H25FN4O2S/c1-14(2)16-8-10-17(11-9-16)29-12-20-25-26-22(27(20)4)30-13-21(28)24-19-7-5-6-18(23)15(19)3/h5-11,14H,12-13H2,1-4H3,(H,24,28). The zero-order chi connectivity index (χ0) is 21.7. The summed E-state index contributed by atoms with van der Waals surface area (Å²) in [5.74, 6) is 1.45. The number of carbonyl (C=O) groups excluding carboxylic acids is 1. The van der Waals surface area contributed by atoms with E-state index in [-0.39, 0.29) is 24.1 Å². The molecule has 0 aliphatic carbocycles. The minimum Gasteiger partial charge on any atom is -0.486 e. The summed E-state index contributed by atoms with van der Waals surface area (Å²) in [6.45, 7) is 6.20. The van der Waals surface area contributed by atoms with E-state index in [1.54, 1.807) is 23.6 Å². The molecule has 0 saturated carbocycles. The van der Waals surface area contributed by atoms with E-state index in [9.17, 15) is 9.18 Å². The van der Waals surface area contributed by atoms with Gasteiger partial charge in [-0.3, -0.25) is 4.79 Å². The third-order valence-electron chi connectivity index (χ3n) is 4.71. The second kappa shape index (κ2) is 9.75. The van der Waals surface area contributed by atoms with Crippen LogP contribution in [0.15, 0.2) is 47.6 Å². The number of halogens is 1. The molecule has 1 N–H and O–H groups in total. The second-order valence-corrected chi connectivity index (χ2v) is 8.16. The summed E-state index contributed by atoms with van der Waals surface area (Å²) in [5, 5.41) is 11.6. The molecule has 1 aromatic heterocycles. The van der Waals surface area contributed by atoms with Crippen molar-refractivity contribution in [2.75, 3.05) is 11.1 Å². The van der Waals surface area contributed by atoms with Crippen molar-refractivity contribution in [1.82, 2.24) is 14.8 Å². The maximum atomic E-state index is 13.6. The lowest BCUT2D eigenvalue weighted by atomic mass is 10.0. The molecule has 6 nitrogen and oxygen atoms in total. The fourth-order valence-electron chi connectivity index (χ4n) is 2.75. The number of amides is 1. The molecule has 0 atom stereocenters. The van der Waals surface area contributed by atoms with Crippen LogP contribution in [0.3, 0.4) is 0 Å². The van der Waals surface area contributed by atoms with Crippen LogP contribution in [-0.4, -0.2) is 26.4 Å². The maximum absolute atomic E-state index is 13.6. The van der Waals surface area contributed by atoms with Gasteiger partial charge in [0, 0.05) is 18.3 Å². The Labute approximate surface area is 179 Å². The number of nitrogens with zero attached hydrogens (tertiary/aromatic N) is 3. The lowest BCUT2D eigenvalue weighted by Gasteiger charge is -2.09. The van der Waals surface area contributed by atoms with Crippen LogP contribution in [0, 0.1) is 12.7 Å². The highest BCUT2D eigenvalue weighted by molar-refractivity contribution is 7.99. The Morgan fingerprint density at radius 3 is 2.63 bits per heavy atom. The van der Waals surface area contributed by atoms with E-state index < -0.39 is 0 Å². The van der Waals surface area contributed by atoms with Crippen LogP contribution in [0.5, 0.6) is 5.75 Å². The number of hydrogen-bond acceptors (Lipinski definition) is 5. The molecule has 0 spiro atoms. The summed E-state index contributed by atoms with van der Waals surface area (Å²) in [6, 6.07) is 12.6. The van der Waals surface area contributed by atoms with E-state index in [2.05, 4.69) is 41.5 Å². The molecule has 1 amide bonds. The largest absolute Gasteiger partial charge is 0.486 e. The molecule has 30 heavy (non-hydrogen) atoms. The molecule has 0 saturated heterocycles. The number of rotatable bonds is 8. The summed E-state index contributed by atoms with van der Waals surface area (Å²) in [4.78, 5) is 12.2. The molecule has 0 aliphatic heterocycles. The predicted octanol–water partition coefficient (Wildman–Crippen LogP) is 4.70. The van der Waals surface area contributed by atoms with Gasteiger partial charge in [-0.2, -0.15) is 0 Å². The van der Waals surface area contributed by atoms with Gasteiger partial charge in [0.1, 0.15) is 18.2 Å². The van der Waals surface area contributed by atoms with Crippen molar-refractivity contribution in [3.63, 3.8) is 0 Å². The first-order chi connectivity index (χ1) is 14.3. The average Bonchev–Trinajstić information content (AvgIpc) is 3.08. The number of aromatic nitrogens is 3. The van der Waals surface area contributed by atoms with Gasteiger partial charge in [-0.1, -0.05) is 43.8 Å². The maximum Gasteiger partial charge on any atom is 0.234 e. The molecule has 0 aliphatic rings. The van der Waals surface area contributed by atoms with Gasteiger partial charge in [0.15, 0.2) is 11.0 Å². The minimum atomic E-state index is -0.350. The molecule has 0 bridgehead atoms. The van der Waals surface area contributed by atoms with E-state index in [0.29, 0.717) is 28.1 Å². The van der Waals surface area contributed by atoms with Gasteiger partial charge >= 0.3 is 0 Å². The highest BCUT2D eigenvalue weighted by Gasteiger charge is 2.13. The Kier molecular flexibility index (Phi) is 7.10. The van der Waals surface area contributed by atoms with Crippen molar-refractivity contribution in [1.29, 1.82) is 0 Å². The predicted molar refractivity (Wildman–Crippen MR) is 116 cm³/mol. The number of benzene rings is 2. The minimum absolute atomic E-state index is 0.138. The Balaban J connectivity index is 1.53. The molecule has 3 aromatic rings. The molecule has 1 heterocycles. The molecular weight excluding hydrogens is 403 g/mol. The zero-order valence-corrected chi connectivity index (χ0v) is 18.3. The van der Waals surface area contributed by atoms with Crippen molar-refractivity contribution >= 4 is 23.4 Å². The fourth-order valence-corrected chi connectivity index (χ4v) is 3.48. The summed E-state index contributed by atoms with van der Waals surface area (Å²) in [7, 11) is 1.83. The molecule has 0 fully saturated rings. The summed E-state index contributed by atoms with van der Waals surface area (Å²) < 4.78 is 21.2. The van der Waals surface area contributed by atoms with Gasteiger partial charge in [0.05, 0.1) is 5.75 Å². The number of nitrogens with one attached hydrogen (secondary N) is 1. The van der Waals surface area contributed by atoms with Gasteiger partial charge in [-0.25, -0.2) is 4.39 Å². The molecule has 158 valence electrons. The number of anilines is 1. The number of hydrogen-bond donors (Lipinski definition) is 1. The Hall–Kier alpha value is -2.87. The lowest BCUT2D eigenvalue weighted by molar-refractivity contribution is -0.113. The van der Waals surface area contributed by atoms with Crippen LogP contribution in [0.4, 0.5) is 10.1 Å². The third-order valence-corrected chi connectivity index (χ3v) is 5.73. The highest BCUT2D eigenvalue weighted by atomic mass is 32.2. The molecule has 0 radical (unpaired) electrons. The number of carbonyl (C=O) groups is 1. The topological polar surface area (TPSA) is 69.0 Å². The van der Waals surface area contributed by atoms with Crippen molar-refractivity contribution in [2.45, 2.75) is 38.5 Å². The number of ether oxygens (including phenoxy) is 1. The van der Waals surface area contributed by atoms with E-state index >= 15 is 0 Å². The average molecular weight is 429 g/mol. The van der Waals surface area contributed by atoms with Gasteiger partial charge < -0.3 is 14.6 Å². The van der Waals surface area contributed by atoms with E-state index in [0.717, 1.165) is 5.75 Å². The monoisotopic (exact) mass is 428 g/mol. The first kappa shape index (κ1) is 21.8. The van der Waals surface area contributed by atoms with E-state index in [1.807, 2.05) is 19.2 Å². The summed E-state index contributed by atoms with van der Waals surface area (Å²) >= 11 is 1.26. The molecule has 8 heteroatoms. The highest BCUT2D eigenvalue weighted by Crippen LogP contribution is 2.21. The van der Waals surface area contributed by atoms with Gasteiger partial charge in [-0.15, -0.1) is 10.2 Å². The van der Waals surface area contributed by atoms with Crippen LogP contribution in [0.2, 0.25) is 0 Å². The van der Waals surface area contributed by atoms with Crippen molar-refractivity contribution < 1.29 is 13.9 Å². The molecule has 2 aromatic carbocycles. The molecule has 3 rings (SSSR count). The van der Waals surface area contributed by atoms with Gasteiger partial charge in [0.25, 0.3) is 0 Å². The SMILES string of the molecule is Cc1c(F)cccc1NC(=O)CSc1nnc(COc2ccc(C(C)C)cc2)n1C. The van der Waals surface area contributed by atoms with Crippen molar-refractivity contribution in [3.05, 3.63) is 65.2 Å². The normalized spacial score (nSPS) is 11.0. The van der Waals surface area contributed by atoms with Crippen molar-refractivity contribution in [2.24, 2.45) is 7.05 Å². The second-order valence-electron chi connectivity index (χ2n) is 7.22. The molecule has 0 unspecified atom stereocenters. The first-order valence-electron chi connectivity index (χ1n) is 9.64. The quantitative estimate of drug-likeness (QED) is 0.527. The zero-order valence-electron chi connectivity index (χ0n) is 17.5. The summed E-state index contributed by atoms with van der Waals surface area (Å²) in [6.07, 6.45) is 0. The van der Waals surface area contributed by atoms with Crippen LogP contribution < -0.4 is 10.1 Å². The summed E-state index contributed by atoms with van der Waals surface area (Å²) in [5.41, 5.74) is 2.14. The first-order valence-corrected chi connectivity index (χ1v) is 10.6.